The Morgan fingerprint density at radius 3 is 1.90 bits per heavy atom. The Morgan fingerprint density at radius 2 is 1.34 bits per heavy atom. The van der Waals surface area contributed by atoms with Crippen molar-refractivity contribution < 1.29 is 28.6 Å². The molecule has 0 aliphatic carbocycles. The smallest absolute Gasteiger partial charge is 0.328 e. The maximum atomic E-state index is 12.5. The number of imide groups is 2. The molecule has 8 heteroatoms. The predicted octanol–water partition coefficient (Wildman–Crippen LogP) is 2.70. The van der Waals surface area contributed by atoms with Crippen LogP contribution in [-0.4, -0.2) is 36.7 Å². The Balaban J connectivity index is 1.76. The van der Waals surface area contributed by atoms with Gasteiger partial charge in [-0.2, -0.15) is 0 Å². The van der Waals surface area contributed by atoms with Crippen molar-refractivity contribution in [3.05, 3.63) is 54.1 Å². The molecule has 2 N–H and O–H groups in total. The van der Waals surface area contributed by atoms with Gasteiger partial charge in [-0.25, -0.2) is 4.79 Å². The number of ether oxygens (including phenoxy) is 3. The number of aryl methyl sites for hydroxylation is 1. The molecule has 8 nitrogen and oxygen atoms in total. The van der Waals surface area contributed by atoms with Crippen LogP contribution in [0.1, 0.15) is 18.9 Å². The van der Waals surface area contributed by atoms with E-state index in [0.29, 0.717) is 18.1 Å². The van der Waals surface area contributed by atoms with E-state index in [0.717, 1.165) is 5.56 Å². The highest BCUT2D eigenvalue weighted by molar-refractivity contribution is 6.21. The summed E-state index contributed by atoms with van der Waals surface area (Å²) in [5.41, 5.74) is -0.774. The van der Waals surface area contributed by atoms with Gasteiger partial charge in [-0.3, -0.25) is 20.2 Å². The number of carbonyl (C=O) groups is 3. The van der Waals surface area contributed by atoms with Crippen LogP contribution < -0.4 is 20.1 Å². The third-order valence-electron chi connectivity index (χ3n) is 4.36. The van der Waals surface area contributed by atoms with Gasteiger partial charge in [0.05, 0.1) is 6.61 Å². The van der Waals surface area contributed by atoms with Crippen LogP contribution in [-0.2, 0) is 14.3 Å². The summed E-state index contributed by atoms with van der Waals surface area (Å²) in [6.07, 6.45) is -0.0482. The van der Waals surface area contributed by atoms with Crippen LogP contribution in [0.5, 0.6) is 17.2 Å². The fourth-order valence-electron chi connectivity index (χ4n) is 2.79. The molecule has 29 heavy (non-hydrogen) atoms. The molecule has 2 aromatic rings. The molecule has 1 aliphatic heterocycles. The van der Waals surface area contributed by atoms with E-state index in [-0.39, 0.29) is 18.8 Å². The van der Waals surface area contributed by atoms with Crippen LogP contribution >= 0.6 is 0 Å². The summed E-state index contributed by atoms with van der Waals surface area (Å²) >= 11 is 0. The van der Waals surface area contributed by atoms with Crippen molar-refractivity contribution in [2.75, 3.05) is 13.2 Å². The number of urea groups is 1. The van der Waals surface area contributed by atoms with Gasteiger partial charge < -0.3 is 14.2 Å². The van der Waals surface area contributed by atoms with Crippen molar-refractivity contribution >= 4 is 17.8 Å². The van der Waals surface area contributed by atoms with Gasteiger partial charge in [0, 0.05) is 13.0 Å². The number of hydrogen-bond donors (Lipinski definition) is 2. The number of hydrogen-bond acceptors (Lipinski definition) is 6. The molecule has 2 aromatic carbocycles. The van der Waals surface area contributed by atoms with Gasteiger partial charge in [-0.1, -0.05) is 17.7 Å². The first kappa shape index (κ1) is 20.3. The van der Waals surface area contributed by atoms with Gasteiger partial charge >= 0.3 is 6.03 Å². The summed E-state index contributed by atoms with van der Waals surface area (Å²) in [6.45, 7) is 4.32. The lowest BCUT2D eigenvalue weighted by Gasteiger charge is -2.34. The van der Waals surface area contributed by atoms with E-state index in [1.54, 1.807) is 31.2 Å². The van der Waals surface area contributed by atoms with Crippen LogP contribution in [0.15, 0.2) is 48.5 Å². The lowest BCUT2D eigenvalue weighted by molar-refractivity contribution is -0.153. The van der Waals surface area contributed by atoms with E-state index in [2.05, 4.69) is 10.6 Å². The third kappa shape index (κ3) is 4.72. The van der Waals surface area contributed by atoms with Crippen LogP contribution in [0, 0.1) is 6.92 Å². The molecule has 0 aromatic heterocycles. The Labute approximate surface area is 168 Å². The fraction of sp³-hybridized carbons (Fsp3) is 0.286. The van der Waals surface area contributed by atoms with Crippen molar-refractivity contribution in [2.24, 2.45) is 0 Å². The maximum Gasteiger partial charge on any atom is 0.328 e. The van der Waals surface area contributed by atoms with Gasteiger partial charge in [0.2, 0.25) is 0 Å². The zero-order valence-electron chi connectivity index (χ0n) is 16.2. The Kier molecular flexibility index (Phi) is 6.13. The van der Waals surface area contributed by atoms with Crippen molar-refractivity contribution in [3.8, 4) is 17.2 Å². The van der Waals surface area contributed by atoms with Crippen LogP contribution in [0.4, 0.5) is 4.79 Å². The standard InChI is InChI=1S/C21H22N2O6/c1-3-27-13-12-21(18(24)22-20(26)23-19(21)25)29-17-10-8-16(9-11-17)28-15-6-4-14(2)5-7-15/h4-11H,3,12-13H2,1-2H3,(H2,22,23,24,25,26). The minimum Gasteiger partial charge on any atom is -0.467 e. The predicted molar refractivity (Wildman–Crippen MR) is 104 cm³/mol. The normalized spacial score (nSPS) is 15.4. The molecule has 1 fully saturated rings. The number of benzene rings is 2. The largest absolute Gasteiger partial charge is 0.467 e. The molecule has 0 atom stereocenters. The SMILES string of the molecule is CCOCCC1(Oc2ccc(Oc3ccc(C)cc3)cc2)C(=O)NC(=O)NC1=O. The minimum absolute atomic E-state index is 0.0482. The Bertz CT molecular complexity index is 872. The Hall–Kier alpha value is -3.39. The highest BCUT2D eigenvalue weighted by atomic mass is 16.5. The topological polar surface area (TPSA) is 103 Å². The molecular formula is C21H22N2O6. The molecule has 1 heterocycles. The Morgan fingerprint density at radius 1 is 0.828 bits per heavy atom. The number of carbonyl (C=O) groups excluding carboxylic acids is 3. The number of rotatable bonds is 8. The summed E-state index contributed by atoms with van der Waals surface area (Å²) in [5.74, 6) is -0.131. The average Bonchev–Trinajstić information content (AvgIpc) is 2.69. The third-order valence-corrected chi connectivity index (χ3v) is 4.36. The van der Waals surface area contributed by atoms with Crippen LogP contribution in [0.25, 0.3) is 0 Å². The van der Waals surface area contributed by atoms with E-state index < -0.39 is 23.4 Å². The van der Waals surface area contributed by atoms with Gasteiger partial charge in [-0.15, -0.1) is 0 Å². The fourth-order valence-corrected chi connectivity index (χ4v) is 2.79. The molecule has 3 rings (SSSR count). The van der Waals surface area contributed by atoms with Gasteiger partial charge in [-0.05, 0) is 50.2 Å². The summed E-state index contributed by atoms with van der Waals surface area (Å²) in [7, 11) is 0. The average molecular weight is 398 g/mol. The number of nitrogens with one attached hydrogen (secondary N) is 2. The van der Waals surface area contributed by atoms with E-state index in [9.17, 15) is 14.4 Å². The van der Waals surface area contributed by atoms with E-state index in [1.807, 2.05) is 31.2 Å². The lowest BCUT2D eigenvalue weighted by Crippen LogP contribution is -2.69. The quantitative estimate of drug-likeness (QED) is 0.524. The molecule has 0 saturated carbocycles. The lowest BCUT2D eigenvalue weighted by atomic mass is 9.95. The zero-order chi connectivity index (χ0) is 20.9. The molecule has 0 bridgehead atoms. The first-order valence-corrected chi connectivity index (χ1v) is 9.21. The molecule has 152 valence electrons. The maximum absolute atomic E-state index is 12.5. The van der Waals surface area contributed by atoms with Crippen molar-refractivity contribution in [1.29, 1.82) is 0 Å². The van der Waals surface area contributed by atoms with Gasteiger partial charge in [0.25, 0.3) is 17.4 Å². The monoisotopic (exact) mass is 398 g/mol. The van der Waals surface area contributed by atoms with E-state index in [4.69, 9.17) is 14.2 Å². The first-order chi connectivity index (χ1) is 13.9. The van der Waals surface area contributed by atoms with E-state index in [1.165, 1.54) is 0 Å². The molecule has 1 saturated heterocycles. The molecular weight excluding hydrogens is 376 g/mol. The summed E-state index contributed by atoms with van der Waals surface area (Å²) in [4.78, 5) is 36.4. The molecule has 0 unspecified atom stereocenters. The van der Waals surface area contributed by atoms with Gasteiger partial charge in [0.1, 0.15) is 17.2 Å². The molecule has 0 spiro atoms. The van der Waals surface area contributed by atoms with Crippen LogP contribution in [0.2, 0.25) is 0 Å². The summed E-state index contributed by atoms with van der Waals surface area (Å²) in [6, 6.07) is 13.2. The number of barbiturate groups is 1. The minimum atomic E-state index is -1.90. The van der Waals surface area contributed by atoms with Crippen molar-refractivity contribution in [2.45, 2.75) is 25.9 Å². The molecule has 4 amide bonds. The highest BCUT2D eigenvalue weighted by Crippen LogP contribution is 2.28. The molecule has 0 radical (unpaired) electrons. The number of amides is 4. The van der Waals surface area contributed by atoms with Gasteiger partial charge in [0.15, 0.2) is 0 Å². The summed E-state index contributed by atoms with van der Waals surface area (Å²) < 4.78 is 16.8. The second-order valence-electron chi connectivity index (χ2n) is 6.50. The van der Waals surface area contributed by atoms with Crippen LogP contribution in [0.3, 0.4) is 0 Å². The molecule has 1 aliphatic rings. The summed E-state index contributed by atoms with van der Waals surface area (Å²) in [5, 5.41) is 4.16. The highest BCUT2D eigenvalue weighted by Gasteiger charge is 2.52. The van der Waals surface area contributed by atoms with E-state index >= 15 is 0 Å². The van der Waals surface area contributed by atoms with Crippen molar-refractivity contribution in [1.82, 2.24) is 10.6 Å². The second kappa shape index (κ2) is 8.74. The first-order valence-electron chi connectivity index (χ1n) is 9.21. The van der Waals surface area contributed by atoms with Crippen molar-refractivity contribution in [3.63, 3.8) is 0 Å². The second-order valence-corrected chi connectivity index (χ2v) is 6.50. The zero-order valence-corrected chi connectivity index (χ0v) is 16.2.